The van der Waals surface area contributed by atoms with E-state index < -0.39 is 12.0 Å². The van der Waals surface area contributed by atoms with E-state index in [1.807, 2.05) is 53.2 Å². The highest BCUT2D eigenvalue weighted by Gasteiger charge is 2.16. The summed E-state index contributed by atoms with van der Waals surface area (Å²) in [5.41, 5.74) is 15.2. The van der Waals surface area contributed by atoms with Crippen molar-refractivity contribution >= 4 is 34.8 Å². The Bertz CT molecular complexity index is 1230. The molecule has 1 unspecified atom stereocenters. The van der Waals surface area contributed by atoms with Gasteiger partial charge in [0.15, 0.2) is 17.5 Å². The Hall–Kier alpha value is -4.08. The molecule has 0 bridgehead atoms. The SMILES string of the molecule is NC(=Nc1ccc(-c2ccccc2)nn1)Nc1ccccc1OC(=O)CC(N)c1ccsc1. The predicted molar refractivity (Wildman–Crippen MR) is 130 cm³/mol. The molecular formula is C24H22N6O2S. The number of guanidine groups is 1. The monoisotopic (exact) mass is 458 g/mol. The number of thiophene rings is 1. The molecule has 33 heavy (non-hydrogen) atoms. The summed E-state index contributed by atoms with van der Waals surface area (Å²) in [5.74, 6) is 0.302. The summed E-state index contributed by atoms with van der Waals surface area (Å²) in [4.78, 5) is 16.6. The van der Waals surface area contributed by atoms with E-state index in [2.05, 4.69) is 20.5 Å². The van der Waals surface area contributed by atoms with Crippen LogP contribution in [0.2, 0.25) is 0 Å². The predicted octanol–water partition coefficient (Wildman–Crippen LogP) is 4.26. The Balaban J connectivity index is 1.41. The number of aliphatic imine (C=N–C) groups is 1. The van der Waals surface area contributed by atoms with Crippen molar-refractivity contribution in [3.63, 3.8) is 0 Å². The molecule has 2 heterocycles. The Morgan fingerprint density at radius 1 is 1.03 bits per heavy atom. The van der Waals surface area contributed by atoms with Crippen LogP contribution >= 0.6 is 11.3 Å². The fourth-order valence-corrected chi connectivity index (χ4v) is 3.77. The number of esters is 1. The van der Waals surface area contributed by atoms with Crippen molar-refractivity contribution in [3.05, 3.63) is 89.1 Å². The number of benzene rings is 2. The molecule has 0 aliphatic carbocycles. The minimum atomic E-state index is -0.444. The van der Waals surface area contributed by atoms with Crippen molar-refractivity contribution in [2.24, 2.45) is 16.5 Å². The Morgan fingerprint density at radius 3 is 2.55 bits per heavy atom. The largest absolute Gasteiger partial charge is 0.424 e. The lowest BCUT2D eigenvalue weighted by molar-refractivity contribution is -0.134. The average Bonchev–Trinajstić information content (AvgIpc) is 3.37. The molecule has 5 N–H and O–H groups in total. The second-order valence-corrected chi connectivity index (χ2v) is 7.88. The van der Waals surface area contributed by atoms with Gasteiger partial charge >= 0.3 is 5.97 Å². The summed E-state index contributed by atoms with van der Waals surface area (Å²) >= 11 is 1.53. The summed E-state index contributed by atoms with van der Waals surface area (Å²) in [7, 11) is 0. The second-order valence-electron chi connectivity index (χ2n) is 7.10. The Kier molecular flexibility index (Phi) is 7.03. The molecule has 2 aromatic carbocycles. The number of para-hydroxylation sites is 2. The van der Waals surface area contributed by atoms with Crippen molar-refractivity contribution in [2.75, 3.05) is 5.32 Å². The lowest BCUT2D eigenvalue weighted by atomic mass is 10.1. The summed E-state index contributed by atoms with van der Waals surface area (Å²) in [6, 6.07) is 21.7. The summed E-state index contributed by atoms with van der Waals surface area (Å²) < 4.78 is 5.51. The molecule has 4 aromatic rings. The van der Waals surface area contributed by atoms with Crippen LogP contribution in [0.4, 0.5) is 11.5 Å². The first-order valence-electron chi connectivity index (χ1n) is 10.2. The minimum Gasteiger partial charge on any atom is -0.424 e. The maximum absolute atomic E-state index is 12.4. The molecule has 0 radical (unpaired) electrons. The van der Waals surface area contributed by atoms with Gasteiger partial charge in [-0.15, -0.1) is 10.2 Å². The third-order valence-corrected chi connectivity index (χ3v) is 5.39. The van der Waals surface area contributed by atoms with Crippen LogP contribution < -0.4 is 21.5 Å². The van der Waals surface area contributed by atoms with Crippen LogP contribution in [-0.4, -0.2) is 22.1 Å². The van der Waals surface area contributed by atoms with Crippen LogP contribution in [0.1, 0.15) is 18.0 Å². The van der Waals surface area contributed by atoms with Gasteiger partial charge < -0.3 is 21.5 Å². The molecule has 0 aliphatic rings. The highest BCUT2D eigenvalue weighted by molar-refractivity contribution is 7.08. The number of rotatable bonds is 7. The molecule has 4 rings (SSSR count). The fraction of sp³-hybridized carbons (Fsp3) is 0.0833. The van der Waals surface area contributed by atoms with Crippen molar-refractivity contribution in [3.8, 4) is 17.0 Å². The molecule has 0 aliphatic heterocycles. The first-order chi connectivity index (χ1) is 16.1. The normalized spacial score (nSPS) is 12.2. The van der Waals surface area contributed by atoms with Gasteiger partial charge in [-0.25, -0.2) is 0 Å². The van der Waals surface area contributed by atoms with Gasteiger partial charge in [0.2, 0.25) is 0 Å². The number of carbonyl (C=O) groups excluding carboxylic acids is 1. The first-order valence-corrected chi connectivity index (χ1v) is 11.1. The number of nitrogens with zero attached hydrogens (tertiary/aromatic N) is 3. The molecule has 9 heteroatoms. The smallest absolute Gasteiger partial charge is 0.313 e. The number of nitrogens with one attached hydrogen (secondary N) is 1. The summed E-state index contributed by atoms with van der Waals surface area (Å²) in [6.07, 6.45) is 0.0536. The number of aromatic nitrogens is 2. The van der Waals surface area contributed by atoms with E-state index in [4.69, 9.17) is 16.2 Å². The van der Waals surface area contributed by atoms with E-state index >= 15 is 0 Å². The van der Waals surface area contributed by atoms with Crippen LogP contribution in [0, 0.1) is 0 Å². The second kappa shape index (κ2) is 10.5. The molecule has 0 spiro atoms. The van der Waals surface area contributed by atoms with Crippen LogP contribution in [0.3, 0.4) is 0 Å². The van der Waals surface area contributed by atoms with Gasteiger partial charge in [0.25, 0.3) is 0 Å². The number of nitrogens with two attached hydrogens (primary N) is 2. The van der Waals surface area contributed by atoms with E-state index in [1.54, 1.807) is 30.3 Å². The van der Waals surface area contributed by atoms with Crippen molar-refractivity contribution < 1.29 is 9.53 Å². The molecule has 0 fully saturated rings. The Morgan fingerprint density at radius 2 is 1.82 bits per heavy atom. The third kappa shape index (κ3) is 6.00. The zero-order valence-corrected chi connectivity index (χ0v) is 18.4. The van der Waals surface area contributed by atoms with E-state index in [9.17, 15) is 4.79 Å². The van der Waals surface area contributed by atoms with Crippen molar-refractivity contribution in [2.45, 2.75) is 12.5 Å². The van der Waals surface area contributed by atoms with Gasteiger partial charge in [0.1, 0.15) is 0 Å². The van der Waals surface area contributed by atoms with E-state index in [0.29, 0.717) is 17.3 Å². The molecular weight excluding hydrogens is 436 g/mol. The highest BCUT2D eigenvalue weighted by Crippen LogP contribution is 2.26. The molecule has 166 valence electrons. The van der Waals surface area contributed by atoms with Crippen LogP contribution in [0.15, 0.2) is 88.5 Å². The van der Waals surface area contributed by atoms with E-state index in [0.717, 1.165) is 16.8 Å². The number of anilines is 1. The molecule has 1 atom stereocenters. The molecule has 8 nitrogen and oxygen atoms in total. The first kappa shape index (κ1) is 22.1. The lowest BCUT2D eigenvalue weighted by Crippen LogP contribution is -2.23. The minimum absolute atomic E-state index is 0.0536. The number of ether oxygens (including phenoxy) is 1. The van der Waals surface area contributed by atoms with Gasteiger partial charge in [-0.1, -0.05) is 42.5 Å². The quantitative estimate of drug-likeness (QED) is 0.163. The van der Waals surface area contributed by atoms with E-state index in [1.165, 1.54) is 11.3 Å². The summed E-state index contributed by atoms with van der Waals surface area (Å²) in [5, 5.41) is 15.1. The van der Waals surface area contributed by atoms with E-state index in [-0.39, 0.29) is 12.4 Å². The summed E-state index contributed by atoms with van der Waals surface area (Å²) in [6.45, 7) is 0. The van der Waals surface area contributed by atoms with Gasteiger partial charge in [-0.05, 0) is 46.7 Å². The van der Waals surface area contributed by atoms with Crippen LogP contribution in [0.25, 0.3) is 11.3 Å². The van der Waals surface area contributed by atoms with Crippen molar-refractivity contribution in [1.29, 1.82) is 0 Å². The maximum atomic E-state index is 12.4. The van der Waals surface area contributed by atoms with Crippen LogP contribution in [-0.2, 0) is 4.79 Å². The molecule has 2 aromatic heterocycles. The van der Waals surface area contributed by atoms with Gasteiger partial charge in [0.05, 0.1) is 17.8 Å². The highest BCUT2D eigenvalue weighted by atomic mass is 32.1. The fourth-order valence-electron chi connectivity index (χ4n) is 3.04. The zero-order chi connectivity index (χ0) is 23.0. The number of hydrogen-bond acceptors (Lipinski definition) is 7. The Labute approximate surface area is 195 Å². The van der Waals surface area contributed by atoms with Crippen molar-refractivity contribution in [1.82, 2.24) is 10.2 Å². The molecule has 0 amide bonds. The lowest BCUT2D eigenvalue weighted by Gasteiger charge is -2.13. The van der Waals surface area contributed by atoms with Gasteiger partial charge in [-0.2, -0.15) is 16.3 Å². The molecule has 0 saturated carbocycles. The average molecular weight is 459 g/mol. The number of carbonyl (C=O) groups is 1. The third-order valence-electron chi connectivity index (χ3n) is 4.69. The van der Waals surface area contributed by atoms with Crippen LogP contribution in [0.5, 0.6) is 5.75 Å². The standard InChI is InChI=1S/C24H22N6O2S/c25-18(17-12-13-33-15-17)14-23(31)32-21-9-5-4-8-20(21)27-24(26)28-22-11-10-19(29-30-22)16-6-2-1-3-7-16/h1-13,15,18H,14,25H2,(H3,26,27,28,30). The van der Waals surface area contributed by atoms with Gasteiger partial charge in [-0.3, -0.25) is 4.79 Å². The number of hydrogen-bond donors (Lipinski definition) is 3. The maximum Gasteiger partial charge on any atom is 0.313 e. The zero-order valence-electron chi connectivity index (χ0n) is 17.6. The topological polar surface area (TPSA) is 129 Å². The molecule has 0 saturated heterocycles. The van der Waals surface area contributed by atoms with Gasteiger partial charge in [0, 0.05) is 11.6 Å².